The Labute approximate surface area is 130 Å². The fourth-order valence-electron chi connectivity index (χ4n) is 2.48. The van der Waals surface area contributed by atoms with Crippen LogP contribution in [0.25, 0.3) is 0 Å². The molecule has 0 aromatic rings. The molecule has 0 bridgehead atoms. The van der Waals surface area contributed by atoms with Crippen LogP contribution in [0.15, 0.2) is 0 Å². The van der Waals surface area contributed by atoms with E-state index in [-0.39, 0.29) is 11.7 Å². The Kier molecular flexibility index (Phi) is 7.50. The number of nitrogens with zero attached hydrogens (tertiary/aromatic N) is 1. The first-order valence-corrected chi connectivity index (χ1v) is 8.46. The Morgan fingerprint density at radius 2 is 1.48 bits per heavy atom. The van der Waals surface area contributed by atoms with Crippen molar-refractivity contribution in [1.82, 2.24) is 10.2 Å². The molecule has 4 nitrogen and oxygen atoms in total. The van der Waals surface area contributed by atoms with Crippen LogP contribution in [-0.2, 0) is 4.74 Å². The normalized spacial score (nSPS) is 21.5. The van der Waals surface area contributed by atoms with Crippen molar-refractivity contribution < 1.29 is 9.53 Å². The van der Waals surface area contributed by atoms with E-state index in [2.05, 4.69) is 19.2 Å². The first kappa shape index (κ1) is 18.3. The Balaban J connectivity index is 0.000000262. The van der Waals surface area contributed by atoms with Gasteiger partial charge in [0.05, 0.1) is 0 Å². The molecule has 21 heavy (non-hydrogen) atoms. The molecule has 0 spiro atoms. The predicted octanol–water partition coefficient (Wildman–Crippen LogP) is 3.66. The van der Waals surface area contributed by atoms with E-state index in [0.717, 1.165) is 37.8 Å². The van der Waals surface area contributed by atoms with Crippen LogP contribution in [0.5, 0.6) is 0 Å². The highest BCUT2D eigenvalue weighted by Crippen LogP contribution is 2.18. The molecule has 0 aromatic carbocycles. The second-order valence-electron chi connectivity index (χ2n) is 7.58. The summed E-state index contributed by atoms with van der Waals surface area (Å²) in [6, 6.07) is 0. The van der Waals surface area contributed by atoms with E-state index in [0.29, 0.717) is 0 Å². The molecular weight excluding hydrogens is 264 g/mol. The summed E-state index contributed by atoms with van der Waals surface area (Å²) in [4.78, 5) is 13.4. The highest BCUT2D eigenvalue weighted by atomic mass is 16.6. The van der Waals surface area contributed by atoms with Crippen molar-refractivity contribution in [2.24, 2.45) is 11.8 Å². The molecule has 0 aromatic heterocycles. The minimum atomic E-state index is -0.375. The van der Waals surface area contributed by atoms with Crippen molar-refractivity contribution in [1.29, 1.82) is 0 Å². The molecule has 2 aliphatic rings. The molecule has 2 fully saturated rings. The Morgan fingerprint density at radius 3 is 1.86 bits per heavy atom. The van der Waals surface area contributed by atoms with Crippen LogP contribution in [0.4, 0.5) is 4.79 Å². The fourth-order valence-corrected chi connectivity index (χ4v) is 2.48. The summed E-state index contributed by atoms with van der Waals surface area (Å²) in [5.74, 6) is 1.72. The standard InChI is InChI=1S/C11H21NO2.C6H13N/c1-9-5-7-12(8-6-9)10(13)14-11(2,3)4;1-6-2-4-7-5-3-6/h9H,5-8H2,1-4H3;6-7H,2-5H2,1H3. The first-order valence-electron chi connectivity index (χ1n) is 8.46. The highest BCUT2D eigenvalue weighted by Gasteiger charge is 2.25. The topological polar surface area (TPSA) is 41.6 Å². The van der Waals surface area contributed by atoms with Crippen molar-refractivity contribution in [2.45, 2.75) is 65.9 Å². The zero-order chi connectivity index (χ0) is 15.9. The summed E-state index contributed by atoms with van der Waals surface area (Å²) in [7, 11) is 0. The average molecular weight is 298 g/mol. The summed E-state index contributed by atoms with van der Waals surface area (Å²) in [5.41, 5.74) is -0.375. The maximum absolute atomic E-state index is 11.6. The maximum Gasteiger partial charge on any atom is 0.410 e. The number of hydrogen-bond donors (Lipinski definition) is 1. The van der Waals surface area contributed by atoms with Crippen molar-refractivity contribution in [3.63, 3.8) is 0 Å². The molecule has 2 saturated heterocycles. The Hall–Kier alpha value is -0.770. The number of carbonyl (C=O) groups excluding carboxylic acids is 1. The lowest BCUT2D eigenvalue weighted by atomic mass is 10.00. The lowest BCUT2D eigenvalue weighted by Crippen LogP contribution is -2.41. The molecule has 2 heterocycles. The molecule has 0 aliphatic carbocycles. The molecule has 4 heteroatoms. The van der Waals surface area contributed by atoms with Gasteiger partial charge in [-0.05, 0) is 71.4 Å². The number of nitrogens with one attached hydrogen (secondary N) is 1. The number of carbonyl (C=O) groups is 1. The summed E-state index contributed by atoms with van der Waals surface area (Å²) in [6.45, 7) is 14.4. The van der Waals surface area contributed by atoms with Gasteiger partial charge in [-0.2, -0.15) is 0 Å². The van der Waals surface area contributed by atoms with E-state index in [1.54, 1.807) is 0 Å². The Morgan fingerprint density at radius 1 is 1.00 bits per heavy atom. The van der Waals surface area contributed by atoms with Gasteiger partial charge in [0.2, 0.25) is 0 Å². The van der Waals surface area contributed by atoms with Gasteiger partial charge in [-0.25, -0.2) is 4.79 Å². The smallest absolute Gasteiger partial charge is 0.410 e. The zero-order valence-corrected chi connectivity index (χ0v) is 14.6. The second kappa shape index (κ2) is 8.62. The van der Waals surface area contributed by atoms with Gasteiger partial charge in [0.25, 0.3) is 0 Å². The average Bonchev–Trinajstić information content (AvgIpc) is 2.39. The van der Waals surface area contributed by atoms with Crippen molar-refractivity contribution >= 4 is 6.09 Å². The summed E-state index contributed by atoms with van der Waals surface area (Å²) >= 11 is 0. The van der Waals surface area contributed by atoms with Crippen LogP contribution in [0, 0.1) is 11.8 Å². The van der Waals surface area contributed by atoms with Crippen LogP contribution in [0.2, 0.25) is 0 Å². The van der Waals surface area contributed by atoms with Gasteiger partial charge in [0.15, 0.2) is 0 Å². The SMILES string of the molecule is CC1CCN(C(=O)OC(C)(C)C)CC1.CC1CCNCC1. The summed E-state index contributed by atoms with van der Waals surface area (Å²) in [6.07, 6.45) is 4.78. The van der Waals surface area contributed by atoms with E-state index in [9.17, 15) is 4.79 Å². The summed E-state index contributed by atoms with van der Waals surface area (Å²) in [5, 5.41) is 3.32. The monoisotopic (exact) mass is 298 g/mol. The largest absolute Gasteiger partial charge is 0.444 e. The summed E-state index contributed by atoms with van der Waals surface area (Å²) < 4.78 is 5.30. The molecule has 1 amide bonds. The number of piperidine rings is 2. The third-order valence-electron chi connectivity index (χ3n) is 4.06. The minimum absolute atomic E-state index is 0.163. The van der Waals surface area contributed by atoms with Gasteiger partial charge in [-0.15, -0.1) is 0 Å². The molecule has 2 rings (SSSR count). The minimum Gasteiger partial charge on any atom is -0.444 e. The van der Waals surface area contributed by atoms with Gasteiger partial charge in [-0.1, -0.05) is 13.8 Å². The quantitative estimate of drug-likeness (QED) is 0.742. The van der Waals surface area contributed by atoms with E-state index >= 15 is 0 Å². The predicted molar refractivity (Wildman–Crippen MR) is 87.5 cm³/mol. The molecule has 0 unspecified atom stereocenters. The number of hydrogen-bond acceptors (Lipinski definition) is 3. The number of ether oxygens (including phenoxy) is 1. The number of likely N-dealkylation sites (tertiary alicyclic amines) is 1. The number of rotatable bonds is 0. The molecule has 1 N–H and O–H groups in total. The second-order valence-corrected chi connectivity index (χ2v) is 7.58. The third-order valence-corrected chi connectivity index (χ3v) is 4.06. The molecule has 2 aliphatic heterocycles. The van der Waals surface area contributed by atoms with Gasteiger partial charge in [-0.3, -0.25) is 0 Å². The maximum atomic E-state index is 11.6. The van der Waals surface area contributed by atoms with Crippen LogP contribution < -0.4 is 5.32 Å². The van der Waals surface area contributed by atoms with E-state index < -0.39 is 0 Å². The molecule has 0 radical (unpaired) electrons. The molecule has 0 atom stereocenters. The highest BCUT2D eigenvalue weighted by molar-refractivity contribution is 5.68. The van der Waals surface area contributed by atoms with Crippen LogP contribution in [0.1, 0.15) is 60.3 Å². The van der Waals surface area contributed by atoms with E-state index in [1.807, 2.05) is 25.7 Å². The van der Waals surface area contributed by atoms with Crippen molar-refractivity contribution in [3.05, 3.63) is 0 Å². The van der Waals surface area contributed by atoms with Crippen molar-refractivity contribution in [3.8, 4) is 0 Å². The first-order chi connectivity index (χ1) is 9.78. The van der Waals surface area contributed by atoms with Crippen LogP contribution >= 0.6 is 0 Å². The van der Waals surface area contributed by atoms with Gasteiger partial charge in [0, 0.05) is 13.1 Å². The Bertz CT molecular complexity index is 298. The molecule has 0 saturated carbocycles. The third kappa shape index (κ3) is 8.30. The molecule has 124 valence electrons. The van der Waals surface area contributed by atoms with E-state index in [1.165, 1.54) is 25.9 Å². The number of amides is 1. The lowest BCUT2D eigenvalue weighted by molar-refractivity contribution is 0.0190. The lowest BCUT2D eigenvalue weighted by Gasteiger charge is -2.32. The van der Waals surface area contributed by atoms with Crippen LogP contribution in [0.3, 0.4) is 0 Å². The van der Waals surface area contributed by atoms with Gasteiger partial charge < -0.3 is 15.0 Å². The fraction of sp³-hybridized carbons (Fsp3) is 0.941. The van der Waals surface area contributed by atoms with Crippen molar-refractivity contribution in [2.75, 3.05) is 26.2 Å². The zero-order valence-electron chi connectivity index (χ0n) is 14.6. The molecular formula is C17H34N2O2. The van der Waals surface area contributed by atoms with Gasteiger partial charge >= 0.3 is 6.09 Å². The van der Waals surface area contributed by atoms with Crippen LogP contribution in [-0.4, -0.2) is 42.8 Å². The van der Waals surface area contributed by atoms with Gasteiger partial charge in [0.1, 0.15) is 5.60 Å². The van der Waals surface area contributed by atoms with E-state index in [4.69, 9.17) is 4.74 Å².